The standard InChI is InChI=1S/C16H27FN2/c1-5-6-7-10-19(4)16-9-8-15(17)11-14(16)12-18-13(2)3/h8-9,11,13,18H,5-7,10,12H2,1-4H3. The van der Waals surface area contributed by atoms with E-state index in [1.54, 1.807) is 12.1 Å². The van der Waals surface area contributed by atoms with Gasteiger partial charge in [0.25, 0.3) is 0 Å². The van der Waals surface area contributed by atoms with Crippen LogP contribution in [0.3, 0.4) is 0 Å². The Morgan fingerprint density at radius 1 is 1.26 bits per heavy atom. The highest BCUT2D eigenvalue weighted by molar-refractivity contribution is 5.53. The second kappa shape index (κ2) is 8.16. The molecule has 0 radical (unpaired) electrons. The molecule has 0 atom stereocenters. The molecule has 1 aromatic rings. The summed E-state index contributed by atoms with van der Waals surface area (Å²) >= 11 is 0. The van der Waals surface area contributed by atoms with E-state index in [1.807, 2.05) is 6.07 Å². The average Bonchev–Trinajstić information content (AvgIpc) is 2.36. The van der Waals surface area contributed by atoms with Crippen LogP contribution in [-0.2, 0) is 6.54 Å². The molecule has 1 rings (SSSR count). The molecular weight excluding hydrogens is 239 g/mol. The largest absolute Gasteiger partial charge is 0.374 e. The highest BCUT2D eigenvalue weighted by atomic mass is 19.1. The second-order valence-corrected chi connectivity index (χ2v) is 5.44. The fraction of sp³-hybridized carbons (Fsp3) is 0.625. The van der Waals surface area contributed by atoms with E-state index in [0.29, 0.717) is 12.6 Å². The fourth-order valence-electron chi connectivity index (χ4n) is 2.10. The number of nitrogens with zero attached hydrogens (tertiary/aromatic N) is 1. The Bertz CT molecular complexity index is 377. The Morgan fingerprint density at radius 2 is 2.00 bits per heavy atom. The summed E-state index contributed by atoms with van der Waals surface area (Å²) < 4.78 is 13.4. The summed E-state index contributed by atoms with van der Waals surface area (Å²) in [6.07, 6.45) is 3.64. The number of unbranched alkanes of at least 4 members (excludes halogenated alkanes) is 2. The average molecular weight is 266 g/mol. The maximum absolute atomic E-state index is 13.4. The van der Waals surface area contributed by atoms with Crippen molar-refractivity contribution in [2.75, 3.05) is 18.5 Å². The van der Waals surface area contributed by atoms with Gasteiger partial charge in [-0.3, -0.25) is 0 Å². The van der Waals surface area contributed by atoms with Crippen LogP contribution in [0.25, 0.3) is 0 Å². The van der Waals surface area contributed by atoms with Gasteiger partial charge in [-0.15, -0.1) is 0 Å². The first kappa shape index (κ1) is 16.0. The van der Waals surface area contributed by atoms with Gasteiger partial charge in [-0.2, -0.15) is 0 Å². The molecule has 1 N–H and O–H groups in total. The third-order valence-electron chi connectivity index (χ3n) is 3.25. The highest BCUT2D eigenvalue weighted by Crippen LogP contribution is 2.21. The van der Waals surface area contributed by atoms with Crippen LogP contribution in [0.15, 0.2) is 18.2 Å². The Morgan fingerprint density at radius 3 is 2.63 bits per heavy atom. The summed E-state index contributed by atoms with van der Waals surface area (Å²) in [4.78, 5) is 2.23. The van der Waals surface area contributed by atoms with Crippen molar-refractivity contribution in [3.63, 3.8) is 0 Å². The first-order chi connectivity index (χ1) is 9.04. The SMILES string of the molecule is CCCCCN(C)c1ccc(F)cc1CNC(C)C. The number of halogens is 1. The zero-order valence-electron chi connectivity index (χ0n) is 12.7. The molecule has 0 aromatic heterocycles. The van der Waals surface area contributed by atoms with E-state index in [2.05, 4.69) is 38.0 Å². The number of benzene rings is 1. The van der Waals surface area contributed by atoms with Gasteiger partial charge in [-0.25, -0.2) is 4.39 Å². The van der Waals surface area contributed by atoms with E-state index >= 15 is 0 Å². The Hall–Kier alpha value is -1.09. The quantitative estimate of drug-likeness (QED) is 0.717. The first-order valence-electron chi connectivity index (χ1n) is 7.27. The van der Waals surface area contributed by atoms with Gasteiger partial charge < -0.3 is 10.2 Å². The van der Waals surface area contributed by atoms with Crippen molar-refractivity contribution < 1.29 is 4.39 Å². The lowest BCUT2D eigenvalue weighted by atomic mass is 10.1. The zero-order chi connectivity index (χ0) is 14.3. The van der Waals surface area contributed by atoms with Gasteiger partial charge in [0, 0.05) is 31.9 Å². The molecule has 0 fully saturated rings. The van der Waals surface area contributed by atoms with Crippen molar-refractivity contribution in [1.82, 2.24) is 5.32 Å². The summed E-state index contributed by atoms with van der Waals surface area (Å²) in [5.41, 5.74) is 2.17. The van der Waals surface area contributed by atoms with Gasteiger partial charge in [-0.05, 0) is 30.2 Å². The minimum absolute atomic E-state index is 0.161. The van der Waals surface area contributed by atoms with Crippen LogP contribution in [0, 0.1) is 5.82 Å². The van der Waals surface area contributed by atoms with Crippen LogP contribution in [0.4, 0.5) is 10.1 Å². The number of nitrogens with one attached hydrogen (secondary N) is 1. The molecule has 3 heteroatoms. The van der Waals surface area contributed by atoms with E-state index in [1.165, 1.54) is 19.3 Å². The van der Waals surface area contributed by atoms with Gasteiger partial charge >= 0.3 is 0 Å². The third kappa shape index (κ3) is 5.60. The van der Waals surface area contributed by atoms with Crippen LogP contribution in [0.1, 0.15) is 45.6 Å². The summed E-state index contributed by atoms with van der Waals surface area (Å²) in [5, 5.41) is 3.36. The van der Waals surface area contributed by atoms with Crippen molar-refractivity contribution in [2.45, 2.75) is 52.6 Å². The van der Waals surface area contributed by atoms with Crippen LogP contribution in [0.5, 0.6) is 0 Å². The van der Waals surface area contributed by atoms with Crippen molar-refractivity contribution in [1.29, 1.82) is 0 Å². The van der Waals surface area contributed by atoms with Crippen LogP contribution >= 0.6 is 0 Å². The van der Waals surface area contributed by atoms with Gasteiger partial charge in [-0.1, -0.05) is 33.6 Å². The number of anilines is 1. The second-order valence-electron chi connectivity index (χ2n) is 5.44. The molecule has 19 heavy (non-hydrogen) atoms. The topological polar surface area (TPSA) is 15.3 Å². The molecule has 0 unspecified atom stereocenters. The van der Waals surface area contributed by atoms with Crippen LogP contribution in [-0.4, -0.2) is 19.6 Å². The van der Waals surface area contributed by atoms with Crippen molar-refractivity contribution in [2.24, 2.45) is 0 Å². The minimum Gasteiger partial charge on any atom is -0.374 e. The van der Waals surface area contributed by atoms with E-state index in [0.717, 1.165) is 17.8 Å². The summed E-state index contributed by atoms with van der Waals surface area (Å²) in [5.74, 6) is -0.161. The Kier molecular flexibility index (Phi) is 6.85. The van der Waals surface area contributed by atoms with E-state index in [-0.39, 0.29) is 5.82 Å². The monoisotopic (exact) mass is 266 g/mol. The smallest absolute Gasteiger partial charge is 0.123 e. The predicted molar refractivity (Wildman–Crippen MR) is 81.2 cm³/mol. The van der Waals surface area contributed by atoms with Crippen LogP contribution in [0.2, 0.25) is 0 Å². The molecule has 0 bridgehead atoms. The lowest BCUT2D eigenvalue weighted by molar-refractivity contribution is 0.580. The molecule has 0 saturated heterocycles. The van der Waals surface area contributed by atoms with Gasteiger partial charge in [0.2, 0.25) is 0 Å². The molecule has 0 aliphatic rings. The third-order valence-corrected chi connectivity index (χ3v) is 3.25. The maximum atomic E-state index is 13.4. The Labute approximate surface area is 117 Å². The number of rotatable bonds is 8. The van der Waals surface area contributed by atoms with Crippen molar-refractivity contribution >= 4 is 5.69 Å². The lowest BCUT2D eigenvalue weighted by Gasteiger charge is -2.23. The first-order valence-corrected chi connectivity index (χ1v) is 7.27. The van der Waals surface area contributed by atoms with Crippen molar-refractivity contribution in [3.8, 4) is 0 Å². The molecule has 0 heterocycles. The molecule has 0 aliphatic heterocycles. The molecular formula is C16H27FN2. The predicted octanol–water partition coefficient (Wildman–Crippen LogP) is 3.95. The normalized spacial score (nSPS) is 11.1. The number of hydrogen-bond donors (Lipinski definition) is 1. The van der Waals surface area contributed by atoms with Crippen LogP contribution < -0.4 is 10.2 Å². The number of hydrogen-bond acceptors (Lipinski definition) is 2. The molecule has 2 nitrogen and oxygen atoms in total. The summed E-state index contributed by atoms with van der Waals surface area (Å²) in [7, 11) is 2.09. The summed E-state index contributed by atoms with van der Waals surface area (Å²) in [6.45, 7) is 8.14. The fourth-order valence-corrected chi connectivity index (χ4v) is 2.10. The highest BCUT2D eigenvalue weighted by Gasteiger charge is 2.09. The van der Waals surface area contributed by atoms with E-state index in [4.69, 9.17) is 0 Å². The molecule has 108 valence electrons. The molecule has 0 aliphatic carbocycles. The Balaban J connectivity index is 2.74. The van der Waals surface area contributed by atoms with Gasteiger partial charge in [0.1, 0.15) is 5.82 Å². The summed E-state index contributed by atoms with van der Waals surface area (Å²) in [6, 6.07) is 5.48. The van der Waals surface area contributed by atoms with Gasteiger partial charge in [0.05, 0.1) is 0 Å². The van der Waals surface area contributed by atoms with Crippen molar-refractivity contribution in [3.05, 3.63) is 29.6 Å². The van der Waals surface area contributed by atoms with E-state index in [9.17, 15) is 4.39 Å². The molecule has 0 spiro atoms. The van der Waals surface area contributed by atoms with E-state index < -0.39 is 0 Å². The van der Waals surface area contributed by atoms with Gasteiger partial charge in [0.15, 0.2) is 0 Å². The minimum atomic E-state index is -0.161. The molecule has 1 aromatic carbocycles. The molecule has 0 saturated carbocycles. The lowest BCUT2D eigenvalue weighted by Crippen LogP contribution is -2.25. The maximum Gasteiger partial charge on any atom is 0.123 e. The zero-order valence-corrected chi connectivity index (χ0v) is 12.7. The molecule has 0 amide bonds.